The molecule has 0 aliphatic carbocycles. The summed E-state index contributed by atoms with van der Waals surface area (Å²) in [6.07, 6.45) is 1.58. The van der Waals surface area contributed by atoms with E-state index < -0.39 is 11.9 Å². The summed E-state index contributed by atoms with van der Waals surface area (Å²) in [5, 5.41) is 4.02. The predicted molar refractivity (Wildman–Crippen MR) is 94.6 cm³/mol. The Hall–Kier alpha value is -3.41. The lowest BCUT2D eigenvalue weighted by Gasteiger charge is -2.11. The van der Waals surface area contributed by atoms with Gasteiger partial charge in [-0.25, -0.2) is 4.79 Å². The lowest BCUT2D eigenvalue weighted by molar-refractivity contribution is -0.116. The highest BCUT2D eigenvalue weighted by molar-refractivity contribution is 6.01. The van der Waals surface area contributed by atoms with Gasteiger partial charge in [0.05, 0.1) is 18.4 Å². The Kier molecular flexibility index (Phi) is 4.61. The molecule has 3 rings (SSSR count). The first kappa shape index (κ1) is 16.4. The standard InChI is InChI=1S/C19H16N2O4/c1-25-19(24)15-8-4-5-9-16(15)20-17(22)12-21-11-10-13-6-2-3-7-14(13)18(21)23/h2-11H,12H2,1H3,(H,20,22). The van der Waals surface area contributed by atoms with Crippen molar-refractivity contribution in [1.29, 1.82) is 0 Å². The summed E-state index contributed by atoms with van der Waals surface area (Å²) in [5.74, 6) is -0.951. The molecule has 25 heavy (non-hydrogen) atoms. The number of rotatable bonds is 4. The van der Waals surface area contributed by atoms with Crippen LogP contribution in [0.25, 0.3) is 10.8 Å². The molecule has 0 radical (unpaired) electrons. The second-order valence-corrected chi connectivity index (χ2v) is 5.42. The van der Waals surface area contributed by atoms with Crippen LogP contribution in [0, 0.1) is 0 Å². The van der Waals surface area contributed by atoms with Gasteiger partial charge < -0.3 is 14.6 Å². The minimum absolute atomic E-state index is 0.154. The molecule has 6 nitrogen and oxygen atoms in total. The number of benzene rings is 2. The van der Waals surface area contributed by atoms with Crippen LogP contribution in [0.5, 0.6) is 0 Å². The maximum atomic E-state index is 12.4. The van der Waals surface area contributed by atoms with Gasteiger partial charge in [-0.2, -0.15) is 0 Å². The van der Waals surface area contributed by atoms with Gasteiger partial charge in [0.1, 0.15) is 6.54 Å². The van der Waals surface area contributed by atoms with Gasteiger partial charge in [-0.15, -0.1) is 0 Å². The molecule has 0 unspecified atom stereocenters. The quantitative estimate of drug-likeness (QED) is 0.742. The first-order valence-corrected chi connectivity index (χ1v) is 7.65. The molecule has 6 heteroatoms. The van der Waals surface area contributed by atoms with Crippen LogP contribution in [0.2, 0.25) is 0 Å². The molecule has 0 saturated heterocycles. The molecule has 1 aromatic heterocycles. The van der Waals surface area contributed by atoms with Gasteiger partial charge in [-0.05, 0) is 29.7 Å². The van der Waals surface area contributed by atoms with Crippen LogP contribution in [-0.4, -0.2) is 23.6 Å². The van der Waals surface area contributed by atoms with Crippen LogP contribution >= 0.6 is 0 Å². The Morgan fingerprint density at radius 1 is 1.04 bits per heavy atom. The lowest BCUT2D eigenvalue weighted by atomic mass is 10.1. The van der Waals surface area contributed by atoms with Gasteiger partial charge in [0, 0.05) is 11.6 Å². The molecule has 0 atom stereocenters. The fourth-order valence-corrected chi connectivity index (χ4v) is 2.58. The minimum Gasteiger partial charge on any atom is -0.465 e. The number of ether oxygens (including phenoxy) is 1. The molecule has 0 aliphatic heterocycles. The molecular formula is C19H16N2O4. The number of methoxy groups -OCH3 is 1. The van der Waals surface area contributed by atoms with Crippen molar-refractivity contribution < 1.29 is 14.3 Å². The minimum atomic E-state index is -0.543. The maximum absolute atomic E-state index is 12.4. The van der Waals surface area contributed by atoms with Crippen LogP contribution in [-0.2, 0) is 16.1 Å². The number of aromatic nitrogens is 1. The summed E-state index contributed by atoms with van der Waals surface area (Å²) in [6.45, 7) is -0.154. The summed E-state index contributed by atoms with van der Waals surface area (Å²) in [5.41, 5.74) is 0.354. The van der Waals surface area contributed by atoms with Crippen molar-refractivity contribution in [2.75, 3.05) is 12.4 Å². The van der Waals surface area contributed by atoms with Crippen LogP contribution in [0.1, 0.15) is 10.4 Å². The third-order valence-corrected chi connectivity index (χ3v) is 3.81. The lowest BCUT2D eigenvalue weighted by Crippen LogP contribution is -2.27. The monoisotopic (exact) mass is 336 g/mol. The number of carbonyl (C=O) groups excluding carboxylic acids is 2. The number of fused-ring (bicyclic) bond motifs is 1. The largest absolute Gasteiger partial charge is 0.465 e. The van der Waals surface area contributed by atoms with Crippen molar-refractivity contribution in [1.82, 2.24) is 4.57 Å². The van der Waals surface area contributed by atoms with E-state index in [2.05, 4.69) is 5.32 Å². The van der Waals surface area contributed by atoms with Crippen LogP contribution in [0.4, 0.5) is 5.69 Å². The van der Waals surface area contributed by atoms with Crippen molar-refractivity contribution in [2.24, 2.45) is 0 Å². The van der Waals surface area contributed by atoms with Gasteiger partial charge in [-0.3, -0.25) is 9.59 Å². The summed E-state index contributed by atoms with van der Waals surface area (Å²) in [4.78, 5) is 36.5. The molecule has 1 amide bonds. The molecule has 2 aromatic carbocycles. The molecule has 126 valence electrons. The van der Waals surface area contributed by atoms with Gasteiger partial charge in [0.2, 0.25) is 5.91 Å². The average molecular weight is 336 g/mol. The van der Waals surface area contributed by atoms with Gasteiger partial charge in [0.15, 0.2) is 0 Å². The predicted octanol–water partition coefficient (Wildman–Crippen LogP) is 2.43. The summed E-state index contributed by atoms with van der Waals surface area (Å²) in [7, 11) is 1.27. The van der Waals surface area contributed by atoms with E-state index in [0.29, 0.717) is 11.1 Å². The molecule has 1 heterocycles. The zero-order valence-corrected chi connectivity index (χ0v) is 13.6. The fraction of sp³-hybridized carbons (Fsp3) is 0.105. The molecule has 0 saturated carbocycles. The highest BCUT2D eigenvalue weighted by Gasteiger charge is 2.14. The molecule has 3 aromatic rings. The Morgan fingerprint density at radius 2 is 1.76 bits per heavy atom. The molecule has 0 bridgehead atoms. The van der Waals surface area contributed by atoms with Crippen molar-refractivity contribution in [2.45, 2.75) is 6.54 Å². The van der Waals surface area contributed by atoms with Crippen LogP contribution in [0.3, 0.4) is 0 Å². The van der Waals surface area contributed by atoms with E-state index in [1.807, 2.05) is 12.1 Å². The highest BCUT2D eigenvalue weighted by Crippen LogP contribution is 2.16. The topological polar surface area (TPSA) is 77.4 Å². The van der Waals surface area contributed by atoms with Gasteiger partial charge >= 0.3 is 5.97 Å². The van der Waals surface area contributed by atoms with Gasteiger partial charge in [-0.1, -0.05) is 30.3 Å². The third kappa shape index (κ3) is 3.42. The molecular weight excluding hydrogens is 320 g/mol. The Labute approximate surface area is 143 Å². The van der Waals surface area contributed by atoms with E-state index in [9.17, 15) is 14.4 Å². The van der Waals surface area contributed by atoms with Gasteiger partial charge in [0.25, 0.3) is 5.56 Å². The van der Waals surface area contributed by atoms with E-state index in [-0.39, 0.29) is 17.7 Å². The summed E-state index contributed by atoms with van der Waals surface area (Å²) in [6, 6.07) is 15.5. The Balaban J connectivity index is 1.84. The zero-order valence-electron chi connectivity index (χ0n) is 13.6. The second kappa shape index (κ2) is 7.00. The number of pyridine rings is 1. The average Bonchev–Trinajstić information content (AvgIpc) is 2.64. The van der Waals surface area contributed by atoms with Crippen LogP contribution in [0.15, 0.2) is 65.6 Å². The second-order valence-electron chi connectivity index (χ2n) is 5.42. The van der Waals surface area contributed by atoms with Crippen LogP contribution < -0.4 is 10.9 Å². The van der Waals surface area contributed by atoms with E-state index in [0.717, 1.165) is 5.39 Å². The van der Waals surface area contributed by atoms with E-state index in [1.165, 1.54) is 11.7 Å². The van der Waals surface area contributed by atoms with E-state index in [1.54, 1.807) is 48.7 Å². The smallest absolute Gasteiger partial charge is 0.339 e. The van der Waals surface area contributed by atoms with Crippen molar-refractivity contribution in [3.05, 3.63) is 76.7 Å². The third-order valence-electron chi connectivity index (χ3n) is 3.81. The van der Waals surface area contributed by atoms with E-state index in [4.69, 9.17) is 4.74 Å². The molecule has 0 spiro atoms. The first-order valence-electron chi connectivity index (χ1n) is 7.65. The SMILES string of the molecule is COC(=O)c1ccccc1NC(=O)Cn1ccc2ccccc2c1=O. The summed E-state index contributed by atoms with van der Waals surface area (Å²) < 4.78 is 6.03. The number of carbonyl (C=O) groups is 2. The Morgan fingerprint density at radius 3 is 2.56 bits per heavy atom. The van der Waals surface area contributed by atoms with Crippen molar-refractivity contribution >= 4 is 28.3 Å². The number of anilines is 1. The van der Waals surface area contributed by atoms with E-state index >= 15 is 0 Å². The first-order chi connectivity index (χ1) is 12.1. The number of amides is 1. The molecule has 1 N–H and O–H groups in total. The van der Waals surface area contributed by atoms with Crippen molar-refractivity contribution in [3.8, 4) is 0 Å². The summed E-state index contributed by atoms with van der Waals surface area (Å²) >= 11 is 0. The van der Waals surface area contributed by atoms with Crippen molar-refractivity contribution in [3.63, 3.8) is 0 Å². The maximum Gasteiger partial charge on any atom is 0.339 e. The number of hydrogen-bond acceptors (Lipinski definition) is 4. The fourth-order valence-electron chi connectivity index (χ4n) is 2.58. The Bertz CT molecular complexity index is 1010. The molecule has 0 aliphatic rings. The highest BCUT2D eigenvalue weighted by atomic mass is 16.5. The normalized spacial score (nSPS) is 10.4. The number of nitrogens with one attached hydrogen (secondary N) is 1. The number of esters is 1. The number of hydrogen-bond donors (Lipinski definition) is 1. The number of para-hydroxylation sites is 1. The zero-order chi connectivity index (χ0) is 17.8. The molecule has 0 fully saturated rings. The number of nitrogens with zero attached hydrogens (tertiary/aromatic N) is 1.